The molecule has 0 aliphatic carbocycles. The molecule has 1 atom stereocenters. The standard InChI is InChI=1S/C9H13ClN2O/c1-5-9(10)8(6(2)13-3)7(11)4-12-5/h4,6H,11H2,1-3H3. The van der Waals surface area contributed by atoms with E-state index < -0.39 is 0 Å². The zero-order valence-corrected chi connectivity index (χ0v) is 8.72. The van der Waals surface area contributed by atoms with Gasteiger partial charge < -0.3 is 10.5 Å². The summed E-state index contributed by atoms with van der Waals surface area (Å²) in [6.45, 7) is 3.74. The van der Waals surface area contributed by atoms with Gasteiger partial charge in [0.2, 0.25) is 0 Å². The van der Waals surface area contributed by atoms with Gasteiger partial charge in [-0.3, -0.25) is 4.98 Å². The Bertz CT molecular complexity index is 315. The number of aryl methyl sites for hydroxylation is 1. The fourth-order valence-corrected chi connectivity index (χ4v) is 1.46. The van der Waals surface area contributed by atoms with Crippen molar-refractivity contribution in [3.05, 3.63) is 22.5 Å². The molecule has 1 unspecified atom stereocenters. The predicted molar refractivity (Wildman–Crippen MR) is 53.8 cm³/mol. The molecule has 0 spiro atoms. The Labute approximate surface area is 82.9 Å². The highest BCUT2D eigenvalue weighted by Gasteiger charge is 2.14. The molecule has 1 rings (SSSR count). The van der Waals surface area contributed by atoms with Crippen LogP contribution in [-0.2, 0) is 4.74 Å². The summed E-state index contributed by atoms with van der Waals surface area (Å²) in [7, 11) is 1.62. The van der Waals surface area contributed by atoms with E-state index in [9.17, 15) is 0 Å². The van der Waals surface area contributed by atoms with Gasteiger partial charge in [-0.1, -0.05) is 11.6 Å². The fraction of sp³-hybridized carbons (Fsp3) is 0.444. The second-order valence-electron chi connectivity index (χ2n) is 2.90. The molecular weight excluding hydrogens is 188 g/mol. The number of anilines is 1. The number of nitrogen functional groups attached to an aromatic ring is 1. The van der Waals surface area contributed by atoms with E-state index in [-0.39, 0.29) is 6.10 Å². The van der Waals surface area contributed by atoms with Gasteiger partial charge in [-0.25, -0.2) is 0 Å². The first-order valence-corrected chi connectivity index (χ1v) is 4.39. The fourth-order valence-electron chi connectivity index (χ4n) is 1.15. The van der Waals surface area contributed by atoms with E-state index in [0.29, 0.717) is 10.7 Å². The second-order valence-corrected chi connectivity index (χ2v) is 3.28. The van der Waals surface area contributed by atoms with Gasteiger partial charge in [-0.15, -0.1) is 0 Å². The molecule has 1 aromatic heterocycles. The van der Waals surface area contributed by atoms with E-state index in [0.717, 1.165) is 11.3 Å². The lowest BCUT2D eigenvalue weighted by atomic mass is 10.1. The average Bonchev–Trinajstić information content (AvgIpc) is 2.12. The third-order valence-electron chi connectivity index (χ3n) is 2.02. The molecule has 13 heavy (non-hydrogen) atoms. The van der Waals surface area contributed by atoms with Crippen molar-refractivity contribution in [2.45, 2.75) is 20.0 Å². The number of halogens is 1. The minimum absolute atomic E-state index is 0.103. The molecule has 0 aliphatic heterocycles. The van der Waals surface area contributed by atoms with Gasteiger partial charge in [0.05, 0.1) is 28.7 Å². The van der Waals surface area contributed by atoms with Crippen LogP contribution in [0.2, 0.25) is 5.02 Å². The van der Waals surface area contributed by atoms with Crippen LogP contribution in [0.25, 0.3) is 0 Å². The number of nitrogens with two attached hydrogens (primary N) is 1. The van der Waals surface area contributed by atoms with Crippen LogP contribution in [0.15, 0.2) is 6.20 Å². The first kappa shape index (κ1) is 10.3. The molecule has 0 saturated heterocycles. The zero-order valence-electron chi connectivity index (χ0n) is 7.97. The number of methoxy groups -OCH3 is 1. The Kier molecular flexibility index (Phi) is 3.12. The first-order valence-electron chi connectivity index (χ1n) is 4.01. The summed E-state index contributed by atoms with van der Waals surface area (Å²) in [6.07, 6.45) is 1.50. The van der Waals surface area contributed by atoms with E-state index in [4.69, 9.17) is 22.1 Å². The van der Waals surface area contributed by atoms with Gasteiger partial charge in [0.1, 0.15) is 0 Å². The maximum atomic E-state index is 6.05. The molecule has 0 fully saturated rings. The van der Waals surface area contributed by atoms with Crippen molar-refractivity contribution in [1.82, 2.24) is 4.98 Å². The Balaban J connectivity index is 3.25. The third kappa shape index (κ3) is 1.92. The van der Waals surface area contributed by atoms with Crippen molar-refractivity contribution in [1.29, 1.82) is 0 Å². The van der Waals surface area contributed by atoms with Crippen LogP contribution in [0, 0.1) is 6.92 Å². The molecule has 1 aromatic rings. The molecule has 0 aromatic carbocycles. The molecular formula is C9H13ClN2O. The van der Waals surface area contributed by atoms with Gasteiger partial charge in [0.15, 0.2) is 0 Å². The lowest BCUT2D eigenvalue weighted by Crippen LogP contribution is -2.04. The predicted octanol–water partition coefficient (Wildman–Crippen LogP) is 2.33. The highest BCUT2D eigenvalue weighted by molar-refractivity contribution is 6.32. The Morgan fingerprint density at radius 3 is 2.77 bits per heavy atom. The lowest BCUT2D eigenvalue weighted by Gasteiger charge is -2.15. The molecule has 0 radical (unpaired) electrons. The zero-order chi connectivity index (χ0) is 10.0. The molecule has 0 amide bonds. The van der Waals surface area contributed by atoms with Gasteiger partial charge >= 0.3 is 0 Å². The Morgan fingerprint density at radius 2 is 2.23 bits per heavy atom. The number of hydrogen-bond donors (Lipinski definition) is 1. The van der Waals surface area contributed by atoms with Crippen LogP contribution >= 0.6 is 11.6 Å². The summed E-state index contributed by atoms with van der Waals surface area (Å²) in [5, 5.41) is 0.592. The molecule has 0 aliphatic rings. The summed E-state index contributed by atoms with van der Waals surface area (Å²) in [5.74, 6) is 0. The number of aromatic nitrogens is 1. The van der Waals surface area contributed by atoms with Crippen molar-refractivity contribution in [3.63, 3.8) is 0 Å². The van der Waals surface area contributed by atoms with Crippen LogP contribution in [0.4, 0.5) is 5.69 Å². The monoisotopic (exact) mass is 200 g/mol. The van der Waals surface area contributed by atoms with Crippen LogP contribution in [-0.4, -0.2) is 12.1 Å². The van der Waals surface area contributed by atoms with Crippen LogP contribution in [0.5, 0.6) is 0 Å². The summed E-state index contributed by atoms with van der Waals surface area (Å²) in [6, 6.07) is 0. The van der Waals surface area contributed by atoms with E-state index >= 15 is 0 Å². The van der Waals surface area contributed by atoms with E-state index in [1.54, 1.807) is 13.3 Å². The van der Waals surface area contributed by atoms with E-state index in [1.165, 1.54) is 0 Å². The Morgan fingerprint density at radius 1 is 1.62 bits per heavy atom. The van der Waals surface area contributed by atoms with Gasteiger partial charge in [0.25, 0.3) is 0 Å². The molecule has 2 N–H and O–H groups in total. The first-order chi connectivity index (χ1) is 6.07. The number of rotatable bonds is 2. The van der Waals surface area contributed by atoms with E-state index in [2.05, 4.69) is 4.98 Å². The summed E-state index contributed by atoms with van der Waals surface area (Å²) in [4.78, 5) is 4.04. The quantitative estimate of drug-likeness (QED) is 0.797. The smallest absolute Gasteiger partial charge is 0.0828 e. The van der Waals surface area contributed by atoms with Crippen LogP contribution in [0.3, 0.4) is 0 Å². The number of nitrogens with zero attached hydrogens (tertiary/aromatic N) is 1. The molecule has 0 bridgehead atoms. The minimum atomic E-state index is -0.103. The molecule has 0 saturated carbocycles. The largest absolute Gasteiger partial charge is 0.397 e. The molecule has 4 heteroatoms. The van der Waals surface area contributed by atoms with Gasteiger partial charge in [-0.05, 0) is 13.8 Å². The summed E-state index contributed by atoms with van der Waals surface area (Å²) in [5.41, 5.74) is 7.90. The van der Waals surface area contributed by atoms with Crippen molar-refractivity contribution in [2.24, 2.45) is 0 Å². The van der Waals surface area contributed by atoms with Crippen molar-refractivity contribution < 1.29 is 4.74 Å². The summed E-state index contributed by atoms with van der Waals surface area (Å²) >= 11 is 6.05. The SMILES string of the molecule is COC(C)c1c(N)cnc(C)c1Cl. The van der Waals surface area contributed by atoms with Crippen molar-refractivity contribution in [3.8, 4) is 0 Å². The number of ether oxygens (including phenoxy) is 1. The Hall–Kier alpha value is -0.800. The van der Waals surface area contributed by atoms with E-state index in [1.807, 2.05) is 13.8 Å². The van der Waals surface area contributed by atoms with Crippen molar-refractivity contribution in [2.75, 3.05) is 12.8 Å². The third-order valence-corrected chi connectivity index (χ3v) is 2.50. The highest BCUT2D eigenvalue weighted by atomic mass is 35.5. The maximum absolute atomic E-state index is 6.05. The lowest BCUT2D eigenvalue weighted by molar-refractivity contribution is 0.120. The summed E-state index contributed by atoms with van der Waals surface area (Å²) < 4.78 is 5.16. The highest BCUT2D eigenvalue weighted by Crippen LogP contribution is 2.31. The molecule has 72 valence electrons. The van der Waals surface area contributed by atoms with Gasteiger partial charge in [-0.2, -0.15) is 0 Å². The normalized spacial score (nSPS) is 12.9. The second kappa shape index (κ2) is 3.94. The van der Waals surface area contributed by atoms with Crippen LogP contribution < -0.4 is 5.73 Å². The van der Waals surface area contributed by atoms with Crippen LogP contribution in [0.1, 0.15) is 24.3 Å². The average molecular weight is 201 g/mol. The molecule has 1 heterocycles. The maximum Gasteiger partial charge on any atom is 0.0828 e. The minimum Gasteiger partial charge on any atom is -0.397 e. The topological polar surface area (TPSA) is 48.1 Å². The van der Waals surface area contributed by atoms with Gasteiger partial charge in [0, 0.05) is 12.7 Å². The number of pyridine rings is 1. The van der Waals surface area contributed by atoms with Crippen molar-refractivity contribution >= 4 is 17.3 Å². The number of hydrogen-bond acceptors (Lipinski definition) is 3. The molecule has 3 nitrogen and oxygen atoms in total.